The van der Waals surface area contributed by atoms with Crippen LogP contribution >= 0.6 is 7.60 Å². The Balaban J connectivity index is 2.21. The third-order valence-corrected chi connectivity index (χ3v) is 6.96. The first-order chi connectivity index (χ1) is 16.3. The maximum Gasteiger partial charge on any atom is 0.331 e. The van der Waals surface area contributed by atoms with E-state index in [1.807, 2.05) is 0 Å². The van der Waals surface area contributed by atoms with Crippen LogP contribution in [0.25, 0.3) is 9.69 Å². The Hall–Kier alpha value is -2.35. The molecule has 2 heterocycles. The molecule has 0 amide bonds. The Labute approximate surface area is 196 Å². The zero-order valence-electron chi connectivity index (χ0n) is 19.0. The predicted molar refractivity (Wildman–Crippen MR) is 120 cm³/mol. The molecule has 2 N–H and O–H groups in total. The van der Waals surface area contributed by atoms with Crippen LogP contribution in [-0.2, 0) is 27.8 Å². The minimum absolute atomic E-state index is 0.00924. The first-order valence-electron chi connectivity index (χ1n) is 10.6. The zero-order chi connectivity index (χ0) is 25.1. The quantitative estimate of drug-likeness (QED) is 0.213. The minimum atomic E-state index is -3.67. The summed E-state index contributed by atoms with van der Waals surface area (Å²) in [4.78, 5) is 32.7. The molecule has 1 aromatic heterocycles. The van der Waals surface area contributed by atoms with E-state index in [1.54, 1.807) is 0 Å². The van der Waals surface area contributed by atoms with Gasteiger partial charge in [-0.1, -0.05) is 0 Å². The van der Waals surface area contributed by atoms with Gasteiger partial charge in [0.1, 0.15) is 25.4 Å². The van der Waals surface area contributed by atoms with Crippen molar-refractivity contribution in [3.63, 3.8) is 0 Å². The van der Waals surface area contributed by atoms with Crippen molar-refractivity contribution >= 4 is 7.60 Å². The number of ether oxygens (including phenoxy) is 3. The SMILES string of the molecule is [C-]#[N+]CCOP(=O)(CC[C@H]1O[C@@H](n2cc(C)c(=O)[nH]c2=O)[C@H](OCCOC)[C@@H]1O)OCC[N+]#[C-]. The standard InChI is InChI=1S/C20H29N4O9P/c1-14-13-24(20(27)23-18(14)26)19-17(30-11-10-29-4)16(25)15(33-19)5-12-34(28,31-8-6-21-2)32-9-7-22-3/h13,15-17,19,25H,5-12H2,1,4H3,(H,23,26,27)/t15-,16-,17-,19-/m1/s1. The van der Waals surface area contributed by atoms with Crippen LogP contribution < -0.4 is 11.2 Å². The lowest BCUT2D eigenvalue weighted by Crippen LogP contribution is -2.40. The second-order valence-corrected chi connectivity index (χ2v) is 9.60. The maximum absolute atomic E-state index is 13.1. The Bertz CT molecular complexity index is 1020. The highest BCUT2D eigenvalue weighted by Gasteiger charge is 2.46. The van der Waals surface area contributed by atoms with Crippen LogP contribution in [0, 0.1) is 20.1 Å². The Kier molecular flexibility index (Phi) is 11.1. The summed E-state index contributed by atoms with van der Waals surface area (Å²) < 4.78 is 41.5. The van der Waals surface area contributed by atoms with E-state index in [0.717, 1.165) is 4.57 Å². The number of hydrogen-bond donors (Lipinski definition) is 2. The van der Waals surface area contributed by atoms with E-state index in [2.05, 4.69) is 14.7 Å². The van der Waals surface area contributed by atoms with E-state index < -0.39 is 43.4 Å². The fraction of sp³-hybridized carbons (Fsp3) is 0.700. The number of rotatable bonds is 14. The van der Waals surface area contributed by atoms with Gasteiger partial charge in [0.2, 0.25) is 13.1 Å². The van der Waals surface area contributed by atoms with Crippen molar-refractivity contribution in [2.45, 2.75) is 37.9 Å². The molecule has 34 heavy (non-hydrogen) atoms. The van der Waals surface area contributed by atoms with E-state index in [9.17, 15) is 19.3 Å². The highest BCUT2D eigenvalue weighted by atomic mass is 31.2. The van der Waals surface area contributed by atoms with Gasteiger partial charge in [0.15, 0.2) is 6.23 Å². The van der Waals surface area contributed by atoms with Crippen LogP contribution in [0.1, 0.15) is 18.2 Å². The molecule has 0 bridgehead atoms. The van der Waals surface area contributed by atoms with Crippen LogP contribution in [0.5, 0.6) is 0 Å². The van der Waals surface area contributed by atoms with Crippen LogP contribution in [0.2, 0.25) is 0 Å². The molecule has 0 aliphatic carbocycles. The molecule has 0 unspecified atom stereocenters. The first kappa shape index (κ1) is 27.9. The van der Waals surface area contributed by atoms with Crippen LogP contribution in [-0.4, -0.2) is 85.8 Å². The fourth-order valence-corrected chi connectivity index (χ4v) is 4.93. The number of aromatic nitrogens is 2. The van der Waals surface area contributed by atoms with Crippen LogP contribution in [0.4, 0.5) is 0 Å². The molecular weight excluding hydrogens is 471 g/mol. The number of nitrogens with one attached hydrogen (secondary N) is 1. The van der Waals surface area contributed by atoms with Gasteiger partial charge in [-0.15, -0.1) is 0 Å². The van der Waals surface area contributed by atoms with Gasteiger partial charge < -0.3 is 38.1 Å². The second-order valence-electron chi connectivity index (χ2n) is 7.42. The molecule has 0 saturated carbocycles. The first-order valence-corrected chi connectivity index (χ1v) is 12.3. The van der Waals surface area contributed by atoms with Crippen molar-refractivity contribution in [1.82, 2.24) is 9.55 Å². The summed E-state index contributed by atoms with van der Waals surface area (Å²) in [5.74, 6) is 0. The molecule has 13 nitrogen and oxygen atoms in total. The van der Waals surface area contributed by atoms with Crippen LogP contribution in [0.3, 0.4) is 0 Å². The van der Waals surface area contributed by atoms with Crippen molar-refractivity contribution in [2.75, 3.05) is 52.8 Å². The molecule has 1 aromatic rings. The van der Waals surface area contributed by atoms with Crippen molar-refractivity contribution < 1.29 is 32.9 Å². The van der Waals surface area contributed by atoms with Gasteiger partial charge in [0.25, 0.3) is 5.56 Å². The fourth-order valence-electron chi connectivity index (χ4n) is 3.31. The smallest absolute Gasteiger partial charge is 0.331 e. The van der Waals surface area contributed by atoms with E-state index >= 15 is 0 Å². The lowest BCUT2D eigenvalue weighted by atomic mass is 10.1. The van der Waals surface area contributed by atoms with Gasteiger partial charge in [0.05, 0.1) is 25.5 Å². The van der Waals surface area contributed by atoms with E-state index in [-0.39, 0.29) is 57.7 Å². The number of aryl methyl sites for hydroxylation is 1. The monoisotopic (exact) mass is 500 g/mol. The van der Waals surface area contributed by atoms with Gasteiger partial charge in [-0.25, -0.2) is 17.9 Å². The summed E-state index contributed by atoms with van der Waals surface area (Å²) in [7, 11) is -2.19. The molecular formula is C20H29N4O9P. The minimum Gasteiger partial charge on any atom is -0.388 e. The number of nitrogens with zero attached hydrogens (tertiary/aromatic N) is 3. The number of H-pyrrole nitrogens is 1. The number of methoxy groups -OCH3 is 1. The lowest BCUT2D eigenvalue weighted by molar-refractivity contribution is -0.0798. The average molecular weight is 500 g/mol. The zero-order valence-corrected chi connectivity index (χ0v) is 19.9. The van der Waals surface area contributed by atoms with Crippen LogP contribution in [0.15, 0.2) is 15.8 Å². The lowest BCUT2D eigenvalue weighted by Gasteiger charge is -2.22. The van der Waals surface area contributed by atoms with Gasteiger partial charge in [-0.05, 0) is 13.3 Å². The van der Waals surface area contributed by atoms with Gasteiger partial charge >= 0.3 is 13.3 Å². The third-order valence-electron chi connectivity index (χ3n) is 5.00. The van der Waals surface area contributed by atoms with Crippen molar-refractivity contribution in [3.05, 3.63) is 55.4 Å². The Morgan fingerprint density at radius 1 is 1.18 bits per heavy atom. The number of hydrogen-bond acceptors (Lipinski definition) is 9. The van der Waals surface area contributed by atoms with Gasteiger partial charge in [-0.3, -0.25) is 18.9 Å². The van der Waals surface area contributed by atoms with Gasteiger partial charge in [-0.2, -0.15) is 0 Å². The summed E-state index contributed by atoms with van der Waals surface area (Å²) in [5.41, 5.74) is -1.01. The summed E-state index contributed by atoms with van der Waals surface area (Å²) in [6, 6.07) is 0. The Morgan fingerprint density at radius 2 is 1.82 bits per heavy atom. The number of aliphatic hydroxyl groups is 1. The molecule has 2 rings (SSSR count). The van der Waals surface area contributed by atoms with Crippen molar-refractivity contribution in [3.8, 4) is 0 Å². The number of aromatic amines is 1. The Morgan fingerprint density at radius 3 is 2.41 bits per heavy atom. The molecule has 1 aliphatic heterocycles. The summed E-state index contributed by atoms with van der Waals surface area (Å²) >= 11 is 0. The highest BCUT2D eigenvalue weighted by molar-refractivity contribution is 7.53. The molecule has 4 atom stereocenters. The summed E-state index contributed by atoms with van der Waals surface area (Å²) in [5, 5.41) is 10.9. The number of aliphatic hydroxyl groups excluding tert-OH is 1. The molecule has 1 aliphatic rings. The summed E-state index contributed by atoms with van der Waals surface area (Å²) in [6.07, 6.45) is -2.97. The highest BCUT2D eigenvalue weighted by Crippen LogP contribution is 2.49. The van der Waals surface area contributed by atoms with Crippen molar-refractivity contribution in [2.24, 2.45) is 0 Å². The molecule has 0 aromatic carbocycles. The second kappa shape index (κ2) is 13.5. The summed E-state index contributed by atoms with van der Waals surface area (Å²) in [6.45, 7) is 15.3. The molecule has 188 valence electrons. The van der Waals surface area contributed by atoms with Crippen molar-refractivity contribution in [1.29, 1.82) is 0 Å². The largest absolute Gasteiger partial charge is 0.388 e. The topological polar surface area (TPSA) is 147 Å². The molecule has 0 radical (unpaired) electrons. The molecule has 14 heteroatoms. The normalized spacial score (nSPS) is 22.4. The van der Waals surface area contributed by atoms with E-state index in [1.165, 1.54) is 20.2 Å². The molecule has 0 spiro atoms. The molecule has 1 saturated heterocycles. The molecule has 1 fully saturated rings. The maximum atomic E-state index is 13.1. The van der Waals surface area contributed by atoms with Gasteiger partial charge in [0, 0.05) is 18.9 Å². The average Bonchev–Trinajstić information content (AvgIpc) is 3.11. The van der Waals surface area contributed by atoms with E-state index in [0.29, 0.717) is 0 Å². The predicted octanol–water partition coefficient (Wildman–Crippen LogP) is 0.590. The third kappa shape index (κ3) is 7.58. The van der Waals surface area contributed by atoms with E-state index in [4.69, 9.17) is 36.4 Å².